The molecule has 0 aliphatic rings. The van der Waals surface area contributed by atoms with E-state index in [0.717, 1.165) is 6.42 Å². The summed E-state index contributed by atoms with van der Waals surface area (Å²) in [5.74, 6) is 0.0556. The van der Waals surface area contributed by atoms with E-state index in [0.29, 0.717) is 12.5 Å². The van der Waals surface area contributed by atoms with Gasteiger partial charge in [-0.3, -0.25) is 9.59 Å². The Morgan fingerprint density at radius 2 is 1.67 bits per heavy atom. The molecule has 0 radical (unpaired) electrons. The van der Waals surface area contributed by atoms with Crippen LogP contribution in [0.4, 0.5) is 0 Å². The summed E-state index contributed by atoms with van der Waals surface area (Å²) in [5.41, 5.74) is 5.80. The summed E-state index contributed by atoms with van der Waals surface area (Å²) in [6.07, 6.45) is 0.836. The molecule has 0 aromatic heterocycles. The monoisotopic (exact) mass is 257 g/mol. The number of carbonyl (C=O) groups excluding carboxylic acids is 2. The molecule has 0 spiro atoms. The van der Waals surface area contributed by atoms with Crippen molar-refractivity contribution in [3.63, 3.8) is 0 Å². The van der Waals surface area contributed by atoms with Crippen LogP contribution < -0.4 is 16.4 Å². The Labute approximate surface area is 110 Å². The van der Waals surface area contributed by atoms with Gasteiger partial charge in [0.05, 0.1) is 6.04 Å². The van der Waals surface area contributed by atoms with Crippen LogP contribution in [0.5, 0.6) is 0 Å². The lowest BCUT2D eigenvalue weighted by atomic mass is 9.99. The Hall–Kier alpha value is -1.10. The van der Waals surface area contributed by atoms with Crippen molar-refractivity contribution < 1.29 is 9.59 Å². The van der Waals surface area contributed by atoms with Crippen LogP contribution in [0.3, 0.4) is 0 Å². The molecule has 0 saturated carbocycles. The topological polar surface area (TPSA) is 84.2 Å². The molecule has 0 aromatic rings. The summed E-state index contributed by atoms with van der Waals surface area (Å²) in [5, 5.41) is 5.42. The zero-order valence-electron chi connectivity index (χ0n) is 12.1. The Morgan fingerprint density at radius 3 is 2.11 bits per heavy atom. The first kappa shape index (κ1) is 16.9. The van der Waals surface area contributed by atoms with Crippen LogP contribution in [0, 0.1) is 11.8 Å². The highest BCUT2D eigenvalue weighted by Gasteiger charge is 2.23. The predicted octanol–water partition coefficient (Wildman–Crippen LogP) is 0.637. The van der Waals surface area contributed by atoms with Crippen molar-refractivity contribution >= 4 is 11.8 Å². The summed E-state index contributed by atoms with van der Waals surface area (Å²) < 4.78 is 0. The van der Waals surface area contributed by atoms with Gasteiger partial charge in [0, 0.05) is 6.54 Å². The van der Waals surface area contributed by atoms with Gasteiger partial charge in [0.25, 0.3) is 0 Å². The van der Waals surface area contributed by atoms with Crippen molar-refractivity contribution in [2.75, 3.05) is 6.54 Å². The first-order valence-corrected chi connectivity index (χ1v) is 6.63. The minimum atomic E-state index is -0.560. The summed E-state index contributed by atoms with van der Waals surface area (Å²) in [4.78, 5) is 23.5. The van der Waals surface area contributed by atoms with Gasteiger partial charge in [-0.15, -0.1) is 0 Å². The summed E-state index contributed by atoms with van der Waals surface area (Å²) in [7, 11) is 0. The fourth-order valence-electron chi connectivity index (χ4n) is 1.35. The molecule has 0 saturated heterocycles. The molecule has 106 valence electrons. The van der Waals surface area contributed by atoms with Crippen LogP contribution in [0.1, 0.15) is 41.0 Å². The molecular formula is C13H27N3O2. The van der Waals surface area contributed by atoms with Crippen molar-refractivity contribution in [3.8, 4) is 0 Å². The Balaban J connectivity index is 4.18. The van der Waals surface area contributed by atoms with Gasteiger partial charge in [-0.2, -0.15) is 0 Å². The van der Waals surface area contributed by atoms with Crippen LogP contribution in [0.15, 0.2) is 0 Å². The zero-order valence-corrected chi connectivity index (χ0v) is 12.1. The Morgan fingerprint density at radius 1 is 1.11 bits per heavy atom. The van der Waals surface area contributed by atoms with Crippen LogP contribution in [-0.2, 0) is 9.59 Å². The number of nitrogens with one attached hydrogen (secondary N) is 2. The molecule has 0 aromatic carbocycles. The highest BCUT2D eigenvalue weighted by molar-refractivity contribution is 5.89. The molecule has 5 heteroatoms. The van der Waals surface area contributed by atoms with Crippen LogP contribution in [-0.4, -0.2) is 30.4 Å². The highest BCUT2D eigenvalue weighted by Crippen LogP contribution is 2.05. The van der Waals surface area contributed by atoms with Gasteiger partial charge in [-0.25, -0.2) is 0 Å². The lowest BCUT2D eigenvalue weighted by Gasteiger charge is -2.21. The van der Waals surface area contributed by atoms with E-state index in [1.165, 1.54) is 0 Å². The number of rotatable bonds is 7. The molecule has 0 aliphatic carbocycles. The lowest BCUT2D eigenvalue weighted by molar-refractivity contribution is -0.129. The van der Waals surface area contributed by atoms with E-state index >= 15 is 0 Å². The standard InChI is InChI=1S/C13H27N3O2/c1-6-9(4)11(14)13(18)16-10(5)12(17)15-7-8(2)3/h8-11H,6-7,14H2,1-5H3,(H,15,17)(H,16,18). The Bertz CT molecular complexity index is 279. The van der Waals surface area contributed by atoms with Crippen LogP contribution in [0.2, 0.25) is 0 Å². The number of nitrogens with two attached hydrogens (primary N) is 1. The van der Waals surface area contributed by atoms with E-state index < -0.39 is 12.1 Å². The van der Waals surface area contributed by atoms with Crippen molar-refractivity contribution in [2.45, 2.75) is 53.1 Å². The van der Waals surface area contributed by atoms with Gasteiger partial charge in [-0.1, -0.05) is 34.1 Å². The van der Waals surface area contributed by atoms with Gasteiger partial charge in [0.2, 0.25) is 11.8 Å². The van der Waals surface area contributed by atoms with Gasteiger partial charge >= 0.3 is 0 Å². The summed E-state index contributed by atoms with van der Waals surface area (Å²) >= 11 is 0. The molecule has 5 nitrogen and oxygen atoms in total. The fraction of sp³-hybridized carbons (Fsp3) is 0.846. The number of amides is 2. The van der Waals surface area contributed by atoms with E-state index in [9.17, 15) is 9.59 Å². The summed E-state index contributed by atoms with van der Waals surface area (Å²) in [6, 6.07) is -1.11. The number of hydrogen-bond acceptors (Lipinski definition) is 3. The number of hydrogen-bond donors (Lipinski definition) is 3. The van der Waals surface area contributed by atoms with Gasteiger partial charge in [0.1, 0.15) is 6.04 Å². The molecule has 0 heterocycles. The predicted molar refractivity (Wildman–Crippen MR) is 72.9 cm³/mol. The molecule has 2 amide bonds. The lowest BCUT2D eigenvalue weighted by Crippen LogP contribution is -2.52. The second-order valence-corrected chi connectivity index (χ2v) is 5.28. The Kier molecular flexibility index (Phi) is 7.59. The van der Waals surface area contributed by atoms with Gasteiger partial charge < -0.3 is 16.4 Å². The molecular weight excluding hydrogens is 230 g/mol. The van der Waals surface area contributed by atoms with Crippen LogP contribution >= 0.6 is 0 Å². The van der Waals surface area contributed by atoms with E-state index in [4.69, 9.17) is 5.73 Å². The van der Waals surface area contributed by atoms with Crippen molar-refractivity contribution in [2.24, 2.45) is 17.6 Å². The largest absolute Gasteiger partial charge is 0.354 e. The van der Waals surface area contributed by atoms with Crippen LogP contribution in [0.25, 0.3) is 0 Å². The molecule has 4 N–H and O–H groups in total. The molecule has 0 rings (SSSR count). The average molecular weight is 257 g/mol. The fourth-order valence-corrected chi connectivity index (χ4v) is 1.35. The quantitative estimate of drug-likeness (QED) is 0.625. The van der Waals surface area contributed by atoms with E-state index in [2.05, 4.69) is 10.6 Å². The first-order valence-electron chi connectivity index (χ1n) is 6.63. The van der Waals surface area contributed by atoms with Gasteiger partial charge in [0.15, 0.2) is 0 Å². The average Bonchev–Trinajstić information content (AvgIpc) is 2.33. The second-order valence-electron chi connectivity index (χ2n) is 5.28. The van der Waals surface area contributed by atoms with Crippen molar-refractivity contribution in [1.82, 2.24) is 10.6 Å². The second kappa shape index (κ2) is 8.08. The first-order chi connectivity index (χ1) is 8.29. The van der Waals surface area contributed by atoms with E-state index in [1.54, 1.807) is 6.92 Å². The van der Waals surface area contributed by atoms with E-state index in [-0.39, 0.29) is 17.7 Å². The maximum absolute atomic E-state index is 11.8. The zero-order chi connectivity index (χ0) is 14.3. The molecule has 0 bridgehead atoms. The molecule has 3 unspecified atom stereocenters. The minimum absolute atomic E-state index is 0.107. The maximum atomic E-state index is 11.8. The summed E-state index contributed by atoms with van der Waals surface area (Å²) in [6.45, 7) is 10.2. The maximum Gasteiger partial charge on any atom is 0.242 e. The molecule has 0 fully saturated rings. The molecule has 0 aliphatic heterocycles. The van der Waals surface area contributed by atoms with Crippen molar-refractivity contribution in [3.05, 3.63) is 0 Å². The molecule has 18 heavy (non-hydrogen) atoms. The third-order valence-corrected chi connectivity index (χ3v) is 3.00. The minimum Gasteiger partial charge on any atom is -0.354 e. The third-order valence-electron chi connectivity index (χ3n) is 3.00. The highest BCUT2D eigenvalue weighted by atomic mass is 16.2. The normalized spacial score (nSPS) is 15.9. The van der Waals surface area contributed by atoms with Gasteiger partial charge in [-0.05, 0) is 18.8 Å². The van der Waals surface area contributed by atoms with Crippen molar-refractivity contribution in [1.29, 1.82) is 0 Å². The molecule has 3 atom stereocenters. The SMILES string of the molecule is CCC(C)C(N)C(=O)NC(C)C(=O)NCC(C)C. The van der Waals surface area contributed by atoms with E-state index in [1.807, 2.05) is 27.7 Å². The number of carbonyl (C=O) groups is 2. The third kappa shape index (κ3) is 6.00. The smallest absolute Gasteiger partial charge is 0.242 e.